The topological polar surface area (TPSA) is 234 Å². The third-order valence-electron chi connectivity index (χ3n) is 6.12. The molecular formula is C32H54O15. The highest BCUT2D eigenvalue weighted by Crippen LogP contribution is 2.25. The molecule has 0 rings (SSSR count). The van der Waals surface area contributed by atoms with Gasteiger partial charge in [-0.1, -0.05) is 13.8 Å². The van der Waals surface area contributed by atoms with Gasteiger partial charge in [0.05, 0.1) is 25.2 Å². The lowest BCUT2D eigenvalue weighted by molar-refractivity contribution is -0.163. The third-order valence-corrected chi connectivity index (χ3v) is 6.12. The van der Waals surface area contributed by atoms with Crippen LogP contribution in [0.5, 0.6) is 0 Å². The predicted octanol–water partition coefficient (Wildman–Crippen LogP) is 1.62. The molecular weight excluding hydrogens is 624 g/mol. The summed E-state index contributed by atoms with van der Waals surface area (Å²) in [6, 6.07) is 0. The number of aliphatic hydroxyl groups is 3. The number of carbonyl (C=O) groups is 8. The largest absolute Gasteiger partial charge is 0.464 e. The van der Waals surface area contributed by atoms with Crippen molar-refractivity contribution in [1.82, 2.24) is 0 Å². The molecule has 0 saturated heterocycles. The van der Waals surface area contributed by atoms with Crippen molar-refractivity contribution in [1.29, 1.82) is 0 Å². The maximum atomic E-state index is 11.6. The van der Waals surface area contributed by atoms with E-state index in [2.05, 4.69) is 0 Å². The maximum absolute atomic E-state index is 11.6. The average molecular weight is 679 g/mol. The van der Waals surface area contributed by atoms with E-state index in [1.54, 1.807) is 27.7 Å². The second-order valence-corrected chi connectivity index (χ2v) is 12.3. The van der Waals surface area contributed by atoms with Crippen molar-refractivity contribution in [2.45, 2.75) is 106 Å². The van der Waals surface area contributed by atoms with E-state index in [0.717, 1.165) is 0 Å². The zero-order valence-corrected chi connectivity index (χ0v) is 29.2. The molecule has 0 aromatic heterocycles. The summed E-state index contributed by atoms with van der Waals surface area (Å²) in [5.74, 6) is -4.01. The van der Waals surface area contributed by atoms with E-state index in [-0.39, 0.29) is 69.2 Å². The number of ketones is 4. The Morgan fingerprint density at radius 2 is 0.723 bits per heavy atom. The van der Waals surface area contributed by atoms with Crippen molar-refractivity contribution in [2.75, 3.05) is 39.6 Å². The Balaban J connectivity index is -0.000000787. The molecule has 0 bridgehead atoms. The SMILES string of the molecule is CC(=O)CC(=O)OC(C)(C)C.CCC(CO)(CO)CO.CCC(COC(=O)CC(C)=O)(COC(=O)CC(C)=O)COC(=O)CC(C)=O. The third kappa shape index (κ3) is 27.3. The van der Waals surface area contributed by atoms with Gasteiger partial charge in [-0.3, -0.25) is 38.4 Å². The van der Waals surface area contributed by atoms with Gasteiger partial charge in [-0.05, 0) is 61.3 Å². The minimum Gasteiger partial charge on any atom is -0.464 e. The smallest absolute Gasteiger partial charge is 0.313 e. The lowest BCUT2D eigenvalue weighted by Gasteiger charge is -2.31. The maximum Gasteiger partial charge on any atom is 0.313 e. The highest BCUT2D eigenvalue weighted by Gasteiger charge is 2.34. The molecule has 0 spiro atoms. The number of hydrogen-bond acceptors (Lipinski definition) is 15. The Morgan fingerprint density at radius 1 is 0.468 bits per heavy atom. The van der Waals surface area contributed by atoms with Gasteiger partial charge in [-0.15, -0.1) is 0 Å². The number of aliphatic hydroxyl groups excluding tert-OH is 3. The fourth-order valence-corrected chi connectivity index (χ4v) is 2.96. The molecule has 47 heavy (non-hydrogen) atoms. The van der Waals surface area contributed by atoms with Crippen molar-refractivity contribution in [2.24, 2.45) is 10.8 Å². The molecule has 0 amide bonds. The van der Waals surface area contributed by atoms with Gasteiger partial charge in [0.15, 0.2) is 0 Å². The standard InChI is InChI=1S/C18H26O9.C8H14O3.C6H14O3/c1-5-18(9-25-15(22)6-12(2)19,10-26-16(23)7-13(3)20)11-27-17(24)8-14(4)21;1-6(9)5-7(10)11-8(2,3)4;1-2-6(3-7,4-8)5-9/h5-11H2,1-4H3;5H2,1-4H3;7-9H,2-5H2,1H3. The van der Waals surface area contributed by atoms with Gasteiger partial charge in [-0.2, -0.15) is 0 Å². The Morgan fingerprint density at radius 3 is 0.894 bits per heavy atom. The molecule has 0 aliphatic rings. The second-order valence-electron chi connectivity index (χ2n) is 12.3. The molecule has 0 heterocycles. The van der Waals surface area contributed by atoms with Crippen molar-refractivity contribution in [3.63, 3.8) is 0 Å². The van der Waals surface area contributed by atoms with E-state index in [0.29, 0.717) is 12.8 Å². The molecule has 15 nitrogen and oxygen atoms in total. The molecule has 0 aromatic carbocycles. The first-order valence-electron chi connectivity index (χ1n) is 15.0. The quantitative estimate of drug-likeness (QED) is 0.1000. The number of esters is 4. The van der Waals surface area contributed by atoms with Crippen LogP contribution in [0.1, 0.15) is 101 Å². The minimum atomic E-state index is -1.06. The monoisotopic (exact) mass is 678 g/mol. The van der Waals surface area contributed by atoms with E-state index in [4.69, 9.17) is 34.3 Å². The first kappa shape index (κ1) is 47.8. The van der Waals surface area contributed by atoms with Crippen LogP contribution < -0.4 is 0 Å². The fourth-order valence-electron chi connectivity index (χ4n) is 2.96. The van der Waals surface area contributed by atoms with E-state index in [1.807, 2.05) is 6.92 Å². The second kappa shape index (κ2) is 24.6. The molecule has 0 atom stereocenters. The van der Waals surface area contributed by atoms with Crippen LogP contribution in [0.15, 0.2) is 0 Å². The first-order chi connectivity index (χ1) is 21.5. The van der Waals surface area contributed by atoms with Gasteiger partial charge in [0.25, 0.3) is 0 Å². The Kier molecular flexibility index (Phi) is 25.0. The number of Topliss-reactive ketones (excluding diaryl/α,β-unsaturated/α-hetero) is 4. The van der Waals surface area contributed by atoms with Gasteiger partial charge in [0, 0.05) is 5.41 Å². The minimum absolute atomic E-state index is 0.128. The summed E-state index contributed by atoms with van der Waals surface area (Å²) in [5, 5.41) is 26.0. The zero-order valence-electron chi connectivity index (χ0n) is 29.2. The van der Waals surface area contributed by atoms with Crippen LogP contribution in [-0.4, -0.2) is 108 Å². The summed E-state index contributed by atoms with van der Waals surface area (Å²) in [6.07, 6.45) is -0.467. The van der Waals surface area contributed by atoms with Crippen LogP contribution in [0.3, 0.4) is 0 Å². The van der Waals surface area contributed by atoms with E-state index in [1.165, 1.54) is 27.7 Å². The predicted molar refractivity (Wildman–Crippen MR) is 167 cm³/mol. The summed E-state index contributed by atoms with van der Waals surface area (Å²) in [6.45, 7) is 12.6. The lowest BCUT2D eigenvalue weighted by Crippen LogP contribution is -2.39. The Labute approximate surface area is 276 Å². The highest BCUT2D eigenvalue weighted by atomic mass is 16.6. The van der Waals surface area contributed by atoms with Gasteiger partial charge in [0.2, 0.25) is 0 Å². The van der Waals surface area contributed by atoms with Gasteiger partial charge in [0.1, 0.15) is 74.2 Å². The molecule has 0 radical (unpaired) electrons. The molecule has 3 N–H and O–H groups in total. The summed E-state index contributed by atoms with van der Waals surface area (Å²) in [7, 11) is 0. The summed E-state index contributed by atoms with van der Waals surface area (Å²) < 4.78 is 20.1. The van der Waals surface area contributed by atoms with Crippen LogP contribution in [0, 0.1) is 10.8 Å². The molecule has 0 aliphatic carbocycles. The zero-order chi connectivity index (χ0) is 37.4. The molecule has 0 aromatic rings. The molecule has 0 aliphatic heterocycles. The molecule has 0 unspecified atom stereocenters. The lowest BCUT2D eigenvalue weighted by atomic mass is 9.88. The Hall–Kier alpha value is -3.56. The molecule has 0 fully saturated rings. The summed E-state index contributed by atoms with van der Waals surface area (Å²) >= 11 is 0. The average Bonchev–Trinajstić information content (AvgIpc) is 2.92. The van der Waals surface area contributed by atoms with Crippen molar-refractivity contribution < 1.29 is 72.6 Å². The van der Waals surface area contributed by atoms with E-state index >= 15 is 0 Å². The summed E-state index contributed by atoms with van der Waals surface area (Å²) in [4.78, 5) is 89.1. The normalized spacial score (nSPS) is 11.0. The fraction of sp³-hybridized carbons (Fsp3) is 0.750. The van der Waals surface area contributed by atoms with Gasteiger partial charge < -0.3 is 34.3 Å². The van der Waals surface area contributed by atoms with Crippen LogP contribution in [0.4, 0.5) is 0 Å². The highest BCUT2D eigenvalue weighted by molar-refractivity contribution is 5.95. The van der Waals surface area contributed by atoms with Gasteiger partial charge >= 0.3 is 23.9 Å². The van der Waals surface area contributed by atoms with Crippen LogP contribution in [0.25, 0.3) is 0 Å². The Bertz CT molecular complexity index is 939. The molecule has 15 heteroatoms. The number of hydrogen-bond donors (Lipinski definition) is 3. The molecule has 0 saturated carbocycles. The van der Waals surface area contributed by atoms with Crippen molar-refractivity contribution in [3.8, 4) is 0 Å². The number of rotatable bonds is 19. The van der Waals surface area contributed by atoms with Crippen molar-refractivity contribution >= 4 is 47.0 Å². The van der Waals surface area contributed by atoms with Crippen molar-refractivity contribution in [3.05, 3.63) is 0 Å². The number of ether oxygens (including phenoxy) is 4. The van der Waals surface area contributed by atoms with E-state index < -0.39 is 59.6 Å². The first-order valence-corrected chi connectivity index (χ1v) is 15.0. The van der Waals surface area contributed by atoms with Crippen LogP contribution >= 0.6 is 0 Å². The summed E-state index contributed by atoms with van der Waals surface area (Å²) in [5.41, 5.74) is -2.22. The van der Waals surface area contributed by atoms with Gasteiger partial charge in [-0.25, -0.2) is 0 Å². The van der Waals surface area contributed by atoms with E-state index in [9.17, 15) is 38.4 Å². The number of carbonyl (C=O) groups excluding carboxylic acids is 8. The van der Waals surface area contributed by atoms with Crippen LogP contribution in [0.2, 0.25) is 0 Å². The van der Waals surface area contributed by atoms with Crippen LogP contribution in [-0.2, 0) is 57.3 Å². The molecule has 272 valence electrons.